The fraction of sp³-hybridized carbons (Fsp3) is 0.769. The van der Waals surface area contributed by atoms with E-state index in [2.05, 4.69) is 27.5 Å². The number of hydrogen-bond acceptors (Lipinski definition) is 4. The van der Waals surface area contributed by atoms with Crippen LogP contribution in [0.4, 0.5) is 0 Å². The Morgan fingerprint density at radius 1 is 1.21 bits per heavy atom. The zero-order valence-corrected chi connectivity index (χ0v) is 11.2. The van der Waals surface area contributed by atoms with Gasteiger partial charge in [-0.1, -0.05) is 0 Å². The van der Waals surface area contributed by atoms with Gasteiger partial charge in [-0.15, -0.1) is 10.2 Å². The number of nitrogens with zero attached hydrogens (tertiary/aromatic N) is 4. The lowest BCUT2D eigenvalue weighted by Crippen LogP contribution is -2.33. The number of rotatable bonds is 2. The SMILES string of the molecule is CN1C[C@H]2Cc3nnc(C(=O)NC4CC4)n3C[C@@H]2C1. The molecule has 6 heteroatoms. The molecule has 0 spiro atoms. The van der Waals surface area contributed by atoms with Gasteiger partial charge in [-0.25, -0.2) is 0 Å². The number of carbonyl (C=O) groups is 1. The average Bonchev–Trinajstić information content (AvgIpc) is 2.96. The Labute approximate surface area is 112 Å². The van der Waals surface area contributed by atoms with Gasteiger partial charge in [0.05, 0.1) is 0 Å². The van der Waals surface area contributed by atoms with Crippen LogP contribution in [-0.2, 0) is 13.0 Å². The number of likely N-dealkylation sites (tertiary alicyclic amines) is 1. The number of aromatic nitrogens is 3. The van der Waals surface area contributed by atoms with Crippen molar-refractivity contribution in [3.8, 4) is 0 Å². The molecular formula is C13H19N5O. The van der Waals surface area contributed by atoms with Crippen LogP contribution in [0, 0.1) is 11.8 Å². The molecule has 2 atom stereocenters. The second-order valence-corrected chi connectivity index (χ2v) is 6.24. The van der Waals surface area contributed by atoms with E-state index in [0.29, 0.717) is 23.7 Å². The number of hydrogen-bond donors (Lipinski definition) is 1. The lowest BCUT2D eigenvalue weighted by Gasteiger charge is -2.25. The molecule has 1 saturated carbocycles. The highest BCUT2D eigenvalue weighted by Crippen LogP contribution is 2.31. The van der Waals surface area contributed by atoms with E-state index in [-0.39, 0.29) is 5.91 Å². The molecule has 1 saturated heterocycles. The lowest BCUT2D eigenvalue weighted by molar-refractivity contribution is 0.0932. The van der Waals surface area contributed by atoms with Gasteiger partial charge in [0, 0.05) is 32.1 Å². The van der Waals surface area contributed by atoms with Crippen LogP contribution in [0.1, 0.15) is 29.3 Å². The molecule has 1 amide bonds. The third-order valence-electron chi connectivity index (χ3n) is 4.56. The van der Waals surface area contributed by atoms with Crippen molar-refractivity contribution in [3.63, 3.8) is 0 Å². The second-order valence-electron chi connectivity index (χ2n) is 6.24. The molecule has 0 radical (unpaired) electrons. The first-order chi connectivity index (χ1) is 9.20. The molecule has 0 unspecified atom stereocenters. The molecule has 1 aromatic rings. The Kier molecular flexibility index (Phi) is 2.42. The molecule has 6 nitrogen and oxygen atoms in total. The van der Waals surface area contributed by atoms with Crippen LogP contribution < -0.4 is 5.32 Å². The Morgan fingerprint density at radius 2 is 2.00 bits per heavy atom. The van der Waals surface area contributed by atoms with Gasteiger partial charge in [-0.2, -0.15) is 0 Å². The summed E-state index contributed by atoms with van der Waals surface area (Å²) in [5.74, 6) is 2.76. The monoisotopic (exact) mass is 261 g/mol. The van der Waals surface area contributed by atoms with Crippen molar-refractivity contribution in [2.45, 2.75) is 31.8 Å². The fourth-order valence-corrected chi connectivity index (χ4v) is 3.40. The third kappa shape index (κ3) is 1.94. The molecule has 3 aliphatic rings. The molecule has 1 aliphatic carbocycles. The van der Waals surface area contributed by atoms with Gasteiger partial charge in [0.2, 0.25) is 5.82 Å². The Morgan fingerprint density at radius 3 is 2.79 bits per heavy atom. The van der Waals surface area contributed by atoms with E-state index in [1.807, 2.05) is 4.57 Å². The van der Waals surface area contributed by atoms with Gasteiger partial charge < -0.3 is 14.8 Å². The quantitative estimate of drug-likeness (QED) is 0.808. The van der Waals surface area contributed by atoms with Crippen molar-refractivity contribution in [2.24, 2.45) is 11.8 Å². The molecule has 1 N–H and O–H groups in total. The van der Waals surface area contributed by atoms with Crippen molar-refractivity contribution < 1.29 is 4.79 Å². The maximum absolute atomic E-state index is 12.1. The largest absolute Gasteiger partial charge is 0.347 e. The van der Waals surface area contributed by atoms with E-state index in [1.165, 1.54) is 0 Å². The average molecular weight is 261 g/mol. The van der Waals surface area contributed by atoms with Crippen LogP contribution >= 0.6 is 0 Å². The van der Waals surface area contributed by atoms with E-state index in [9.17, 15) is 4.79 Å². The number of fused-ring (bicyclic) bond motifs is 2. The Bertz CT molecular complexity index is 521. The van der Waals surface area contributed by atoms with E-state index < -0.39 is 0 Å². The van der Waals surface area contributed by atoms with Gasteiger partial charge in [0.1, 0.15) is 5.82 Å². The molecule has 3 heterocycles. The summed E-state index contributed by atoms with van der Waals surface area (Å²) in [4.78, 5) is 14.5. The minimum absolute atomic E-state index is 0.0500. The molecule has 2 aliphatic heterocycles. The summed E-state index contributed by atoms with van der Waals surface area (Å²) in [7, 11) is 2.17. The van der Waals surface area contributed by atoms with Crippen LogP contribution in [0.5, 0.6) is 0 Å². The van der Waals surface area contributed by atoms with Crippen LogP contribution in [0.25, 0.3) is 0 Å². The Hall–Kier alpha value is -1.43. The van der Waals surface area contributed by atoms with Gasteiger partial charge in [-0.3, -0.25) is 4.79 Å². The molecular weight excluding hydrogens is 242 g/mol. The molecule has 2 fully saturated rings. The summed E-state index contributed by atoms with van der Waals surface area (Å²) < 4.78 is 2.04. The maximum atomic E-state index is 12.1. The third-order valence-corrected chi connectivity index (χ3v) is 4.56. The maximum Gasteiger partial charge on any atom is 0.289 e. The molecule has 1 aromatic heterocycles. The molecule has 102 valence electrons. The van der Waals surface area contributed by atoms with Gasteiger partial charge in [-0.05, 0) is 31.7 Å². The van der Waals surface area contributed by atoms with Crippen molar-refractivity contribution in [1.29, 1.82) is 0 Å². The summed E-state index contributed by atoms with van der Waals surface area (Å²) in [6, 6.07) is 0.370. The van der Waals surface area contributed by atoms with E-state index >= 15 is 0 Å². The number of amides is 1. The summed E-state index contributed by atoms with van der Waals surface area (Å²) in [6.45, 7) is 3.15. The van der Waals surface area contributed by atoms with Crippen molar-refractivity contribution in [1.82, 2.24) is 25.0 Å². The summed E-state index contributed by atoms with van der Waals surface area (Å²) in [6.07, 6.45) is 3.16. The van der Waals surface area contributed by atoms with Crippen molar-refractivity contribution in [3.05, 3.63) is 11.6 Å². The zero-order valence-electron chi connectivity index (χ0n) is 11.2. The standard InChI is InChI=1S/C13H19N5O/c1-17-5-8-4-11-15-16-12(13(19)14-10-2-3-10)18(11)7-9(8)6-17/h8-10H,2-7H2,1H3,(H,14,19)/t8-,9+/m1/s1. The predicted octanol–water partition coefficient (Wildman–Crippen LogP) is -0.0958. The normalized spacial score (nSPS) is 29.9. The summed E-state index contributed by atoms with van der Waals surface area (Å²) in [5.41, 5.74) is 0. The van der Waals surface area contributed by atoms with E-state index in [1.54, 1.807) is 0 Å². The molecule has 4 rings (SSSR count). The Balaban J connectivity index is 1.58. The molecule has 0 aromatic carbocycles. The van der Waals surface area contributed by atoms with Crippen LogP contribution in [0.15, 0.2) is 0 Å². The van der Waals surface area contributed by atoms with Crippen LogP contribution in [0.2, 0.25) is 0 Å². The van der Waals surface area contributed by atoms with Gasteiger partial charge in [0.25, 0.3) is 5.91 Å². The van der Waals surface area contributed by atoms with E-state index in [4.69, 9.17) is 0 Å². The highest BCUT2D eigenvalue weighted by Gasteiger charge is 2.38. The highest BCUT2D eigenvalue weighted by molar-refractivity contribution is 5.91. The summed E-state index contributed by atoms with van der Waals surface area (Å²) >= 11 is 0. The first-order valence-electron chi connectivity index (χ1n) is 7.12. The lowest BCUT2D eigenvalue weighted by atomic mass is 9.89. The minimum Gasteiger partial charge on any atom is -0.347 e. The van der Waals surface area contributed by atoms with Gasteiger partial charge >= 0.3 is 0 Å². The fourth-order valence-electron chi connectivity index (χ4n) is 3.40. The topological polar surface area (TPSA) is 63.1 Å². The van der Waals surface area contributed by atoms with Gasteiger partial charge in [0.15, 0.2) is 0 Å². The van der Waals surface area contributed by atoms with Crippen molar-refractivity contribution >= 4 is 5.91 Å². The van der Waals surface area contributed by atoms with E-state index in [0.717, 1.165) is 44.7 Å². The zero-order chi connectivity index (χ0) is 13.0. The predicted molar refractivity (Wildman–Crippen MR) is 68.7 cm³/mol. The first kappa shape index (κ1) is 11.4. The van der Waals surface area contributed by atoms with Crippen LogP contribution in [0.3, 0.4) is 0 Å². The number of carbonyl (C=O) groups excluding carboxylic acids is 1. The first-order valence-corrected chi connectivity index (χ1v) is 7.12. The van der Waals surface area contributed by atoms with Crippen molar-refractivity contribution in [2.75, 3.05) is 20.1 Å². The molecule has 19 heavy (non-hydrogen) atoms. The highest BCUT2D eigenvalue weighted by atomic mass is 16.2. The minimum atomic E-state index is -0.0500. The second kappa shape index (κ2) is 4.03. The molecule has 0 bridgehead atoms. The number of nitrogens with one attached hydrogen (secondary N) is 1. The summed E-state index contributed by atoms with van der Waals surface area (Å²) in [5, 5.41) is 11.3. The van der Waals surface area contributed by atoms with Crippen LogP contribution in [-0.4, -0.2) is 51.8 Å². The smallest absolute Gasteiger partial charge is 0.289 e.